The Balaban J connectivity index is 1.50. The number of hydrogen-bond donors (Lipinski definition) is 0. The second-order valence-corrected chi connectivity index (χ2v) is 19.7. The number of esters is 1. The van der Waals surface area contributed by atoms with Crippen LogP contribution in [-0.2, 0) is 53.6 Å². The van der Waals surface area contributed by atoms with Crippen LogP contribution in [0.3, 0.4) is 0 Å². The van der Waals surface area contributed by atoms with Gasteiger partial charge in [-0.3, -0.25) is 9.13 Å². The van der Waals surface area contributed by atoms with E-state index in [0.29, 0.717) is 4.90 Å². The summed E-state index contributed by atoms with van der Waals surface area (Å²) in [5.41, 5.74) is -2.33. The standard InChI is InChI=1S/C38H51N6O12P/c1-35(2,3)54-31(45)32(57(12,48)50-19-22-16-14-13-15-17-22)49-20-23-26-27(53-38(10,11)52-26)30(51-23)43-21-40-25-28(43)41-24(18-39)42-29(25)44(33(46)55-36(4,5)6)34(47)56-37(7,8)9/h13-17,21,23,26-27,30,32H,19-20H2,1-12H3/t23-,26-,27-,30-,32?,57?/m1/s1. The number of imidazole rings is 1. The van der Waals surface area contributed by atoms with Crippen LogP contribution in [-0.4, -0.2) is 97.7 Å². The number of benzene rings is 1. The van der Waals surface area contributed by atoms with Crippen LogP contribution in [0.5, 0.6) is 0 Å². The minimum absolute atomic E-state index is 0.00806. The number of carbonyl (C=O) groups excluding carboxylic acids is 3. The van der Waals surface area contributed by atoms with Crippen molar-refractivity contribution in [2.45, 2.75) is 136 Å². The molecular formula is C38H51N6O12P. The van der Waals surface area contributed by atoms with Gasteiger partial charge >= 0.3 is 18.2 Å². The number of fused-ring (bicyclic) bond motifs is 2. The van der Waals surface area contributed by atoms with Gasteiger partial charge in [0, 0.05) is 6.66 Å². The van der Waals surface area contributed by atoms with Crippen LogP contribution >= 0.6 is 7.37 Å². The van der Waals surface area contributed by atoms with Crippen molar-refractivity contribution in [3.63, 3.8) is 0 Å². The van der Waals surface area contributed by atoms with E-state index in [1.807, 2.05) is 24.3 Å². The molecule has 19 heteroatoms. The number of anilines is 1. The van der Waals surface area contributed by atoms with Gasteiger partial charge < -0.3 is 37.7 Å². The molecule has 0 bridgehead atoms. The second-order valence-electron chi connectivity index (χ2n) is 17.1. The third kappa shape index (κ3) is 10.7. The Bertz CT molecular complexity index is 2040. The number of rotatable bonds is 10. The van der Waals surface area contributed by atoms with Gasteiger partial charge in [0.05, 0.1) is 19.5 Å². The molecule has 1 aromatic carbocycles. The average molecular weight is 815 g/mol. The number of nitriles is 1. The van der Waals surface area contributed by atoms with Crippen molar-refractivity contribution in [3.05, 3.63) is 48.0 Å². The maximum Gasteiger partial charge on any atom is 0.425 e. The zero-order valence-corrected chi connectivity index (χ0v) is 35.2. The fraction of sp³-hybridized carbons (Fsp3) is 0.605. The number of hydrogen-bond acceptors (Lipinski definition) is 16. The average Bonchev–Trinajstić information content (AvgIpc) is 3.72. The van der Waals surface area contributed by atoms with Crippen LogP contribution in [0.25, 0.3) is 11.2 Å². The van der Waals surface area contributed by atoms with Gasteiger partial charge in [-0.05, 0) is 81.7 Å². The molecule has 0 radical (unpaired) electrons. The molecule has 18 nitrogen and oxygen atoms in total. The lowest BCUT2D eigenvalue weighted by Gasteiger charge is -2.29. The Morgan fingerprint density at radius 2 is 1.51 bits per heavy atom. The molecule has 5 rings (SSSR count). The van der Waals surface area contributed by atoms with E-state index in [9.17, 15) is 24.2 Å². The topological polar surface area (TPSA) is 213 Å². The first-order valence-electron chi connectivity index (χ1n) is 18.3. The SMILES string of the molecule is CC(C)(C)OC(=O)C(OC[C@H]1O[C@@H](n2cnc3c(N(C(=O)OC(C)(C)C)C(=O)OC(C)(C)C)nc(C#N)nc32)[C@@H]2OC(C)(C)O[C@@H]21)P(C)(=O)OCc1ccccc1. The van der Waals surface area contributed by atoms with Gasteiger partial charge in [-0.25, -0.2) is 19.4 Å². The van der Waals surface area contributed by atoms with Crippen molar-refractivity contribution in [1.82, 2.24) is 19.5 Å². The first-order chi connectivity index (χ1) is 26.3. The molecule has 2 saturated heterocycles. The molecule has 2 fully saturated rings. The fourth-order valence-corrected chi connectivity index (χ4v) is 7.28. The summed E-state index contributed by atoms with van der Waals surface area (Å²) in [6.45, 7) is 19.1. The summed E-state index contributed by atoms with van der Waals surface area (Å²) in [7, 11) is -3.85. The first-order valence-corrected chi connectivity index (χ1v) is 20.4. The number of ether oxygens (including phenoxy) is 7. The van der Waals surface area contributed by atoms with Gasteiger partial charge in [0.1, 0.15) is 41.2 Å². The molecule has 2 unspecified atom stereocenters. The minimum atomic E-state index is -3.85. The normalized spacial score (nSPS) is 22.2. The van der Waals surface area contributed by atoms with E-state index in [4.69, 9.17) is 37.7 Å². The highest BCUT2D eigenvalue weighted by atomic mass is 31.2. The molecule has 2 aliphatic rings. The Morgan fingerprint density at radius 3 is 2.07 bits per heavy atom. The van der Waals surface area contributed by atoms with Gasteiger partial charge in [-0.2, -0.15) is 20.1 Å². The van der Waals surface area contributed by atoms with Gasteiger partial charge in [0.25, 0.3) is 0 Å². The van der Waals surface area contributed by atoms with Crippen LogP contribution in [0, 0.1) is 11.3 Å². The highest BCUT2D eigenvalue weighted by molar-refractivity contribution is 7.59. The van der Waals surface area contributed by atoms with Gasteiger partial charge in [-0.15, -0.1) is 0 Å². The largest absolute Gasteiger partial charge is 0.458 e. The molecule has 310 valence electrons. The molecule has 3 aromatic rings. The molecular weight excluding hydrogens is 763 g/mol. The van der Waals surface area contributed by atoms with Crippen LogP contribution in [0.4, 0.5) is 15.4 Å². The van der Waals surface area contributed by atoms with Crippen molar-refractivity contribution in [1.29, 1.82) is 5.26 Å². The molecule has 0 N–H and O–H groups in total. The zero-order valence-electron chi connectivity index (χ0n) is 34.3. The summed E-state index contributed by atoms with van der Waals surface area (Å²) in [4.78, 5) is 54.3. The van der Waals surface area contributed by atoms with E-state index in [0.717, 1.165) is 5.56 Å². The molecule has 2 aromatic heterocycles. The summed E-state index contributed by atoms with van der Waals surface area (Å²) >= 11 is 0. The van der Waals surface area contributed by atoms with E-state index in [1.54, 1.807) is 88.3 Å². The summed E-state index contributed by atoms with van der Waals surface area (Å²) < 4.78 is 63.2. The van der Waals surface area contributed by atoms with Crippen molar-refractivity contribution in [3.8, 4) is 6.07 Å². The van der Waals surface area contributed by atoms with E-state index < -0.39 is 84.3 Å². The minimum Gasteiger partial charge on any atom is -0.458 e. The molecule has 0 spiro atoms. The third-order valence-corrected chi connectivity index (χ3v) is 9.90. The van der Waals surface area contributed by atoms with Crippen LogP contribution in [0.15, 0.2) is 36.7 Å². The predicted octanol–water partition coefficient (Wildman–Crippen LogP) is 6.60. The highest BCUT2D eigenvalue weighted by Crippen LogP contribution is 2.51. The third-order valence-electron chi connectivity index (χ3n) is 8.05. The van der Waals surface area contributed by atoms with E-state index >= 15 is 0 Å². The molecule has 57 heavy (non-hydrogen) atoms. The Morgan fingerprint density at radius 1 is 0.930 bits per heavy atom. The molecule has 2 amide bonds. The number of nitrogens with zero attached hydrogens (tertiary/aromatic N) is 6. The Hall–Kier alpha value is -4.50. The summed E-state index contributed by atoms with van der Waals surface area (Å²) in [5, 5.41) is 10.00. The van der Waals surface area contributed by atoms with Crippen molar-refractivity contribution < 1.29 is 56.6 Å². The van der Waals surface area contributed by atoms with E-state index in [-0.39, 0.29) is 30.2 Å². The lowest BCUT2D eigenvalue weighted by molar-refractivity contribution is -0.203. The highest BCUT2D eigenvalue weighted by Gasteiger charge is 2.57. The van der Waals surface area contributed by atoms with Crippen LogP contribution < -0.4 is 4.90 Å². The van der Waals surface area contributed by atoms with Gasteiger partial charge in [-0.1, -0.05) is 30.3 Å². The summed E-state index contributed by atoms with van der Waals surface area (Å²) in [6, 6.07) is 10.9. The predicted molar refractivity (Wildman–Crippen MR) is 203 cm³/mol. The molecule has 0 saturated carbocycles. The lowest BCUT2D eigenvalue weighted by Crippen LogP contribution is -2.44. The molecule has 0 aliphatic carbocycles. The van der Waals surface area contributed by atoms with Crippen molar-refractivity contribution in [2.24, 2.45) is 0 Å². The first kappa shape index (κ1) is 43.6. The van der Waals surface area contributed by atoms with Gasteiger partial charge in [0.2, 0.25) is 19.0 Å². The molecule has 6 atom stereocenters. The number of carbonyl (C=O) groups is 3. The van der Waals surface area contributed by atoms with Crippen molar-refractivity contribution >= 4 is 42.5 Å². The Kier molecular flexibility index (Phi) is 12.3. The fourth-order valence-electron chi connectivity index (χ4n) is 5.95. The summed E-state index contributed by atoms with van der Waals surface area (Å²) in [6.07, 6.45) is -4.56. The van der Waals surface area contributed by atoms with Crippen molar-refractivity contribution in [2.75, 3.05) is 18.2 Å². The molecule has 4 heterocycles. The Labute approximate surface area is 331 Å². The maximum atomic E-state index is 14.1. The zero-order chi connectivity index (χ0) is 42.3. The van der Waals surface area contributed by atoms with Crippen LogP contribution in [0.2, 0.25) is 0 Å². The van der Waals surface area contributed by atoms with E-state index in [2.05, 4.69) is 15.0 Å². The second kappa shape index (κ2) is 16.0. The van der Waals surface area contributed by atoms with Gasteiger partial charge in [0.15, 0.2) is 29.0 Å². The monoisotopic (exact) mass is 814 g/mol. The van der Waals surface area contributed by atoms with E-state index in [1.165, 1.54) is 17.6 Å². The lowest BCUT2D eigenvalue weighted by atomic mass is 10.1. The number of imide groups is 1. The summed E-state index contributed by atoms with van der Waals surface area (Å²) in [5.74, 6) is -4.41. The number of amides is 2. The van der Waals surface area contributed by atoms with Crippen LogP contribution in [0.1, 0.15) is 93.8 Å². The molecule has 2 aliphatic heterocycles. The quantitative estimate of drug-likeness (QED) is 0.120. The maximum absolute atomic E-state index is 14.1. The smallest absolute Gasteiger partial charge is 0.425 e. The number of aromatic nitrogens is 4.